The van der Waals surface area contributed by atoms with Gasteiger partial charge in [0, 0.05) is 19.3 Å². The molecule has 3 aromatic rings. The molecule has 0 bridgehead atoms. The summed E-state index contributed by atoms with van der Waals surface area (Å²) in [5, 5.41) is 14.5. The first-order valence-corrected chi connectivity index (χ1v) is 8.21. The summed E-state index contributed by atoms with van der Waals surface area (Å²) in [6.07, 6.45) is 1.53. The number of carbonyl (C=O) groups excluding carboxylic acids is 1. The zero-order valence-corrected chi connectivity index (χ0v) is 13.6. The van der Waals surface area contributed by atoms with Crippen LogP contribution in [0.5, 0.6) is 0 Å². The van der Waals surface area contributed by atoms with Gasteiger partial charge in [-0.25, -0.2) is 9.48 Å². The fourth-order valence-corrected chi connectivity index (χ4v) is 3.23. The maximum atomic E-state index is 12.7. The molecule has 1 N–H and O–H groups in total. The summed E-state index contributed by atoms with van der Waals surface area (Å²) in [6.45, 7) is 0.754. The fourth-order valence-electron chi connectivity index (χ4n) is 3.23. The average Bonchev–Trinajstić information content (AvgIpc) is 2.83. The van der Waals surface area contributed by atoms with Gasteiger partial charge in [0.25, 0.3) is 0 Å². The van der Waals surface area contributed by atoms with E-state index in [0.29, 0.717) is 25.2 Å². The second-order valence-corrected chi connectivity index (χ2v) is 6.19. The molecule has 7 nitrogen and oxygen atoms in total. The van der Waals surface area contributed by atoms with Gasteiger partial charge >= 0.3 is 5.69 Å². The summed E-state index contributed by atoms with van der Waals surface area (Å²) in [7, 11) is 0. The van der Waals surface area contributed by atoms with Gasteiger partial charge in [-0.05, 0) is 29.7 Å². The van der Waals surface area contributed by atoms with E-state index in [1.807, 2.05) is 24.3 Å². The topological polar surface area (TPSA) is 79.8 Å². The molecule has 2 aromatic heterocycles. The Labute approximate surface area is 143 Å². The van der Waals surface area contributed by atoms with Crippen LogP contribution in [0.25, 0.3) is 5.65 Å². The Balaban J connectivity index is 1.59. The molecule has 3 heterocycles. The molecule has 0 spiro atoms. The van der Waals surface area contributed by atoms with Gasteiger partial charge in [-0.1, -0.05) is 30.3 Å². The van der Waals surface area contributed by atoms with E-state index < -0.39 is 6.10 Å². The van der Waals surface area contributed by atoms with E-state index in [2.05, 4.69) is 5.10 Å². The van der Waals surface area contributed by atoms with Gasteiger partial charge in [0.15, 0.2) is 5.65 Å². The zero-order valence-electron chi connectivity index (χ0n) is 13.6. The first kappa shape index (κ1) is 15.6. The number of hydrogen-bond donors (Lipinski definition) is 1. The SMILES string of the molecule is O=C(Cn1nc2ccccn2c1=O)N1CCC(O)c2ccccc2C1. The largest absolute Gasteiger partial charge is 0.388 e. The average molecular weight is 338 g/mol. The number of hydrogen-bond acceptors (Lipinski definition) is 4. The minimum atomic E-state index is -0.577. The number of pyridine rings is 1. The van der Waals surface area contributed by atoms with Crippen molar-refractivity contribution in [1.82, 2.24) is 19.1 Å². The molecule has 1 aliphatic rings. The summed E-state index contributed by atoms with van der Waals surface area (Å²) < 4.78 is 2.60. The van der Waals surface area contributed by atoms with E-state index in [1.165, 1.54) is 9.08 Å². The van der Waals surface area contributed by atoms with Crippen molar-refractivity contribution in [3.8, 4) is 0 Å². The molecule has 1 aromatic carbocycles. The molecule has 0 fully saturated rings. The predicted octanol–water partition coefficient (Wildman–Crippen LogP) is 0.962. The first-order valence-electron chi connectivity index (χ1n) is 8.21. The lowest BCUT2D eigenvalue weighted by Gasteiger charge is -2.20. The molecule has 128 valence electrons. The fraction of sp³-hybridized carbons (Fsp3) is 0.278. The van der Waals surface area contributed by atoms with Gasteiger partial charge in [-0.15, -0.1) is 5.10 Å². The highest BCUT2D eigenvalue weighted by Crippen LogP contribution is 2.26. The Bertz CT molecular complexity index is 991. The van der Waals surface area contributed by atoms with Crippen LogP contribution in [0.2, 0.25) is 0 Å². The van der Waals surface area contributed by atoms with Crippen LogP contribution in [0.3, 0.4) is 0 Å². The number of nitrogens with zero attached hydrogens (tertiary/aromatic N) is 4. The number of aromatic nitrogens is 3. The Morgan fingerprint density at radius 1 is 1.20 bits per heavy atom. The van der Waals surface area contributed by atoms with E-state index in [9.17, 15) is 14.7 Å². The Hall–Kier alpha value is -2.93. The zero-order chi connectivity index (χ0) is 17.4. The lowest BCUT2D eigenvalue weighted by molar-refractivity contribution is -0.132. The van der Waals surface area contributed by atoms with Gasteiger partial charge < -0.3 is 10.0 Å². The number of rotatable bonds is 2. The van der Waals surface area contributed by atoms with Gasteiger partial charge in [-0.3, -0.25) is 9.20 Å². The number of benzene rings is 1. The van der Waals surface area contributed by atoms with Crippen molar-refractivity contribution < 1.29 is 9.90 Å². The highest BCUT2D eigenvalue weighted by Gasteiger charge is 2.24. The van der Waals surface area contributed by atoms with E-state index in [-0.39, 0.29) is 18.1 Å². The lowest BCUT2D eigenvalue weighted by atomic mass is 10.0. The van der Waals surface area contributed by atoms with Crippen LogP contribution in [0.1, 0.15) is 23.7 Å². The van der Waals surface area contributed by atoms with Crippen molar-refractivity contribution in [3.05, 3.63) is 70.3 Å². The molecule has 0 aliphatic carbocycles. The molecule has 1 unspecified atom stereocenters. The Kier molecular flexibility index (Phi) is 3.85. The smallest absolute Gasteiger partial charge is 0.350 e. The van der Waals surface area contributed by atoms with Crippen LogP contribution in [0, 0.1) is 0 Å². The predicted molar refractivity (Wildman–Crippen MR) is 90.9 cm³/mol. The van der Waals surface area contributed by atoms with E-state index in [4.69, 9.17) is 0 Å². The Morgan fingerprint density at radius 2 is 2.00 bits per heavy atom. The summed E-state index contributed by atoms with van der Waals surface area (Å²) in [6, 6.07) is 12.8. The van der Waals surface area contributed by atoms with Gasteiger partial charge in [-0.2, -0.15) is 0 Å². The quantitative estimate of drug-likeness (QED) is 0.755. The monoisotopic (exact) mass is 338 g/mol. The van der Waals surface area contributed by atoms with E-state index >= 15 is 0 Å². The molecule has 1 atom stereocenters. The van der Waals surface area contributed by atoms with Crippen molar-refractivity contribution in [2.45, 2.75) is 25.6 Å². The number of aliphatic hydroxyl groups excluding tert-OH is 1. The maximum Gasteiger partial charge on any atom is 0.350 e. The number of fused-ring (bicyclic) bond motifs is 2. The van der Waals surface area contributed by atoms with Gasteiger partial charge in [0.05, 0.1) is 6.10 Å². The van der Waals surface area contributed by atoms with Crippen LogP contribution >= 0.6 is 0 Å². The van der Waals surface area contributed by atoms with Crippen molar-refractivity contribution in [2.24, 2.45) is 0 Å². The summed E-state index contributed by atoms with van der Waals surface area (Å²) in [4.78, 5) is 26.7. The summed E-state index contributed by atoms with van der Waals surface area (Å²) >= 11 is 0. The van der Waals surface area contributed by atoms with Crippen LogP contribution in [-0.2, 0) is 17.9 Å². The molecular weight excluding hydrogens is 320 g/mol. The van der Waals surface area contributed by atoms with Crippen LogP contribution in [-0.4, -0.2) is 36.6 Å². The summed E-state index contributed by atoms with van der Waals surface area (Å²) in [5.41, 5.74) is 1.97. The van der Waals surface area contributed by atoms with Crippen molar-refractivity contribution in [3.63, 3.8) is 0 Å². The maximum absolute atomic E-state index is 12.7. The molecule has 0 radical (unpaired) electrons. The molecule has 0 saturated heterocycles. The summed E-state index contributed by atoms with van der Waals surface area (Å²) in [5.74, 6) is -0.186. The van der Waals surface area contributed by atoms with Gasteiger partial charge in [0.1, 0.15) is 6.54 Å². The van der Waals surface area contributed by atoms with Crippen molar-refractivity contribution in [2.75, 3.05) is 6.54 Å². The third-order valence-corrected chi connectivity index (χ3v) is 4.57. The standard InChI is InChI=1S/C18H18N4O3/c23-15-8-10-20(11-13-5-1-2-6-14(13)15)17(24)12-22-18(25)21-9-4-3-7-16(21)19-22/h1-7,9,15,23H,8,10-12H2. The molecule has 7 heteroatoms. The normalized spacial score (nSPS) is 17.3. The minimum Gasteiger partial charge on any atom is -0.388 e. The molecule has 1 amide bonds. The molecule has 25 heavy (non-hydrogen) atoms. The second-order valence-electron chi connectivity index (χ2n) is 6.19. The van der Waals surface area contributed by atoms with E-state index in [1.54, 1.807) is 29.3 Å². The van der Waals surface area contributed by atoms with Crippen molar-refractivity contribution >= 4 is 11.6 Å². The van der Waals surface area contributed by atoms with Crippen LogP contribution in [0.4, 0.5) is 0 Å². The number of aliphatic hydroxyl groups is 1. The molecule has 0 saturated carbocycles. The lowest BCUT2D eigenvalue weighted by Crippen LogP contribution is -2.36. The molecule has 1 aliphatic heterocycles. The Morgan fingerprint density at radius 3 is 2.84 bits per heavy atom. The third-order valence-electron chi connectivity index (χ3n) is 4.57. The molecule has 4 rings (SSSR count). The van der Waals surface area contributed by atoms with Gasteiger partial charge in [0.2, 0.25) is 5.91 Å². The highest BCUT2D eigenvalue weighted by molar-refractivity contribution is 5.76. The minimum absolute atomic E-state index is 0.112. The first-order chi connectivity index (χ1) is 12.1. The van der Waals surface area contributed by atoms with Crippen LogP contribution < -0.4 is 5.69 Å². The van der Waals surface area contributed by atoms with Crippen molar-refractivity contribution in [1.29, 1.82) is 0 Å². The van der Waals surface area contributed by atoms with Crippen LogP contribution in [0.15, 0.2) is 53.5 Å². The highest BCUT2D eigenvalue weighted by atomic mass is 16.3. The van der Waals surface area contributed by atoms with E-state index in [0.717, 1.165) is 11.1 Å². The number of carbonyl (C=O) groups is 1. The third kappa shape index (κ3) is 2.83. The molecular formula is C18H18N4O3. The number of amides is 1. The second kappa shape index (κ2) is 6.18.